The molecule has 1 aliphatic rings. The van der Waals surface area contributed by atoms with Gasteiger partial charge in [-0.05, 0) is 19.8 Å². The maximum Gasteiger partial charge on any atom is 0.220 e. The summed E-state index contributed by atoms with van der Waals surface area (Å²) in [6, 6.07) is 0. The van der Waals surface area contributed by atoms with Crippen LogP contribution in [-0.4, -0.2) is 16.6 Å². The van der Waals surface area contributed by atoms with Crippen molar-refractivity contribution in [3.05, 3.63) is 11.4 Å². The number of hydrogen-bond acceptors (Lipinski definition) is 4. The van der Waals surface area contributed by atoms with E-state index in [4.69, 9.17) is 10.5 Å². The van der Waals surface area contributed by atoms with E-state index in [0.29, 0.717) is 5.95 Å². The third-order valence-corrected chi connectivity index (χ3v) is 1.93. The van der Waals surface area contributed by atoms with Crippen LogP contribution in [0, 0.1) is 6.92 Å². The molecule has 0 unspecified atom stereocenters. The molecule has 0 amide bonds. The molecule has 0 saturated carbocycles. The van der Waals surface area contributed by atoms with Gasteiger partial charge in [0.1, 0.15) is 0 Å². The highest BCUT2D eigenvalue weighted by Gasteiger charge is 2.15. The molecule has 0 bridgehead atoms. The Morgan fingerprint density at radius 2 is 2.25 bits per heavy atom. The van der Waals surface area contributed by atoms with Gasteiger partial charge in [-0.1, -0.05) is 0 Å². The van der Waals surface area contributed by atoms with Crippen LogP contribution in [-0.2, 0) is 6.42 Å². The Bertz CT molecular complexity index is 311. The molecule has 0 spiro atoms. The van der Waals surface area contributed by atoms with Gasteiger partial charge in [-0.15, -0.1) is 0 Å². The van der Waals surface area contributed by atoms with Crippen molar-refractivity contribution in [2.24, 2.45) is 0 Å². The van der Waals surface area contributed by atoms with Gasteiger partial charge in [0.25, 0.3) is 0 Å². The fourth-order valence-electron chi connectivity index (χ4n) is 1.42. The van der Waals surface area contributed by atoms with Crippen LogP contribution in [0.25, 0.3) is 0 Å². The second kappa shape index (κ2) is 2.62. The molecule has 1 aliphatic heterocycles. The molecule has 4 nitrogen and oxygen atoms in total. The fraction of sp³-hybridized carbons (Fsp3) is 0.500. The Morgan fingerprint density at radius 3 is 3.08 bits per heavy atom. The summed E-state index contributed by atoms with van der Waals surface area (Å²) in [5.74, 6) is 1.17. The zero-order valence-corrected chi connectivity index (χ0v) is 7.00. The van der Waals surface area contributed by atoms with Crippen molar-refractivity contribution in [2.45, 2.75) is 19.8 Å². The third-order valence-electron chi connectivity index (χ3n) is 1.93. The summed E-state index contributed by atoms with van der Waals surface area (Å²) < 4.78 is 5.43. The summed E-state index contributed by atoms with van der Waals surface area (Å²) in [5.41, 5.74) is 7.30. The average Bonchev–Trinajstić information content (AvgIpc) is 2.04. The monoisotopic (exact) mass is 165 g/mol. The minimum Gasteiger partial charge on any atom is -0.490 e. The maximum atomic E-state index is 5.50. The van der Waals surface area contributed by atoms with E-state index in [9.17, 15) is 0 Å². The molecular weight excluding hydrogens is 154 g/mol. The van der Waals surface area contributed by atoms with Crippen molar-refractivity contribution in [3.63, 3.8) is 0 Å². The van der Waals surface area contributed by atoms with Gasteiger partial charge in [0, 0.05) is 0 Å². The second-order valence-corrected chi connectivity index (χ2v) is 2.90. The van der Waals surface area contributed by atoms with Crippen LogP contribution in [0.4, 0.5) is 5.95 Å². The van der Waals surface area contributed by atoms with E-state index in [1.54, 1.807) is 0 Å². The molecule has 0 saturated heterocycles. The van der Waals surface area contributed by atoms with Crippen LogP contribution in [0.5, 0.6) is 5.75 Å². The highest BCUT2D eigenvalue weighted by molar-refractivity contribution is 5.37. The highest BCUT2D eigenvalue weighted by atomic mass is 16.5. The van der Waals surface area contributed by atoms with E-state index in [-0.39, 0.29) is 0 Å². The molecule has 1 aromatic heterocycles. The van der Waals surface area contributed by atoms with Crippen LogP contribution < -0.4 is 10.5 Å². The van der Waals surface area contributed by atoms with Gasteiger partial charge >= 0.3 is 0 Å². The Balaban J connectivity index is 2.53. The lowest BCUT2D eigenvalue weighted by Crippen LogP contribution is -2.13. The van der Waals surface area contributed by atoms with Crippen LogP contribution in [0.3, 0.4) is 0 Å². The lowest BCUT2D eigenvalue weighted by atomic mass is 10.1. The van der Waals surface area contributed by atoms with Gasteiger partial charge in [-0.2, -0.15) is 0 Å². The molecule has 1 aromatic rings. The molecule has 0 aromatic carbocycles. The van der Waals surface area contributed by atoms with Gasteiger partial charge < -0.3 is 10.5 Å². The smallest absolute Gasteiger partial charge is 0.220 e. The number of hydrogen-bond donors (Lipinski definition) is 1. The van der Waals surface area contributed by atoms with Crippen LogP contribution in [0.1, 0.15) is 17.8 Å². The first kappa shape index (κ1) is 7.34. The van der Waals surface area contributed by atoms with Crippen molar-refractivity contribution in [2.75, 3.05) is 12.3 Å². The number of nitrogens with zero attached hydrogens (tertiary/aromatic N) is 2. The molecule has 0 fully saturated rings. The topological polar surface area (TPSA) is 61.0 Å². The summed E-state index contributed by atoms with van der Waals surface area (Å²) >= 11 is 0. The second-order valence-electron chi connectivity index (χ2n) is 2.90. The SMILES string of the molecule is Cc1nc(N)nc2c1OCCC2. The van der Waals surface area contributed by atoms with Crippen molar-refractivity contribution in [1.82, 2.24) is 9.97 Å². The summed E-state index contributed by atoms with van der Waals surface area (Å²) in [5, 5.41) is 0. The number of aromatic nitrogens is 2. The summed E-state index contributed by atoms with van der Waals surface area (Å²) in [7, 11) is 0. The van der Waals surface area contributed by atoms with E-state index in [1.165, 1.54) is 0 Å². The van der Waals surface area contributed by atoms with E-state index in [0.717, 1.165) is 36.6 Å². The van der Waals surface area contributed by atoms with Crippen molar-refractivity contribution in [1.29, 1.82) is 0 Å². The first-order chi connectivity index (χ1) is 5.77. The van der Waals surface area contributed by atoms with Gasteiger partial charge in [0.2, 0.25) is 5.95 Å². The number of aryl methyl sites for hydroxylation is 2. The predicted octanol–water partition coefficient (Wildman–Crippen LogP) is 0.692. The quantitative estimate of drug-likeness (QED) is 0.614. The number of nitrogen functional groups attached to an aromatic ring is 1. The summed E-state index contributed by atoms with van der Waals surface area (Å²) in [6.45, 7) is 2.66. The number of rotatable bonds is 0. The molecule has 0 atom stereocenters. The molecule has 4 heteroatoms. The van der Waals surface area contributed by atoms with Crippen LogP contribution in [0.2, 0.25) is 0 Å². The molecular formula is C8H11N3O. The highest BCUT2D eigenvalue weighted by Crippen LogP contribution is 2.25. The molecule has 12 heavy (non-hydrogen) atoms. The third kappa shape index (κ3) is 1.09. The number of anilines is 1. The van der Waals surface area contributed by atoms with Gasteiger partial charge in [-0.25, -0.2) is 9.97 Å². The minimum atomic E-state index is 0.344. The minimum absolute atomic E-state index is 0.344. The number of fused-ring (bicyclic) bond motifs is 1. The first-order valence-electron chi connectivity index (χ1n) is 4.03. The Labute approximate surface area is 70.8 Å². The maximum absolute atomic E-state index is 5.50. The Kier molecular flexibility index (Phi) is 1.60. The first-order valence-corrected chi connectivity index (χ1v) is 4.03. The Hall–Kier alpha value is -1.32. The predicted molar refractivity (Wildman–Crippen MR) is 45.0 cm³/mol. The molecule has 2 rings (SSSR count). The van der Waals surface area contributed by atoms with Gasteiger partial charge in [0.05, 0.1) is 18.0 Å². The van der Waals surface area contributed by atoms with Crippen LogP contribution in [0.15, 0.2) is 0 Å². The zero-order valence-electron chi connectivity index (χ0n) is 7.00. The normalized spacial score (nSPS) is 15.1. The van der Waals surface area contributed by atoms with E-state index in [2.05, 4.69) is 9.97 Å². The van der Waals surface area contributed by atoms with E-state index in [1.807, 2.05) is 6.92 Å². The van der Waals surface area contributed by atoms with Crippen molar-refractivity contribution < 1.29 is 4.74 Å². The molecule has 64 valence electrons. The average molecular weight is 165 g/mol. The van der Waals surface area contributed by atoms with E-state index >= 15 is 0 Å². The van der Waals surface area contributed by atoms with Crippen molar-refractivity contribution >= 4 is 5.95 Å². The standard InChI is InChI=1S/C8H11N3O/c1-5-7-6(3-2-4-12-7)11-8(9)10-5/h2-4H2,1H3,(H2,9,10,11). The lowest BCUT2D eigenvalue weighted by molar-refractivity contribution is 0.281. The molecule has 2 N–H and O–H groups in total. The number of ether oxygens (including phenoxy) is 1. The molecule has 0 aliphatic carbocycles. The lowest BCUT2D eigenvalue weighted by Gasteiger charge is -2.17. The summed E-state index contributed by atoms with van der Waals surface area (Å²) in [4.78, 5) is 8.14. The molecule has 0 radical (unpaired) electrons. The number of nitrogens with two attached hydrogens (primary N) is 1. The van der Waals surface area contributed by atoms with E-state index < -0.39 is 0 Å². The Morgan fingerprint density at radius 1 is 1.42 bits per heavy atom. The summed E-state index contributed by atoms with van der Waals surface area (Å²) in [6.07, 6.45) is 1.96. The fourth-order valence-corrected chi connectivity index (χ4v) is 1.42. The largest absolute Gasteiger partial charge is 0.490 e. The molecule has 2 heterocycles. The van der Waals surface area contributed by atoms with Gasteiger partial charge in [0.15, 0.2) is 5.75 Å². The van der Waals surface area contributed by atoms with Crippen molar-refractivity contribution in [3.8, 4) is 5.75 Å². The van der Waals surface area contributed by atoms with Crippen LogP contribution >= 0.6 is 0 Å². The van der Waals surface area contributed by atoms with Gasteiger partial charge in [-0.3, -0.25) is 0 Å². The zero-order chi connectivity index (χ0) is 8.55.